The van der Waals surface area contributed by atoms with Gasteiger partial charge in [-0.25, -0.2) is 0 Å². The number of carbonyl (C=O) groups is 2. The summed E-state index contributed by atoms with van der Waals surface area (Å²) in [4.78, 5) is 25.0. The number of aryl methyl sites for hydroxylation is 2. The van der Waals surface area contributed by atoms with Crippen LogP contribution in [0.25, 0.3) is 0 Å². The van der Waals surface area contributed by atoms with Gasteiger partial charge in [-0.3, -0.25) is 9.59 Å². The molecule has 0 aliphatic carbocycles. The molecule has 3 aromatic rings. The van der Waals surface area contributed by atoms with Gasteiger partial charge >= 0.3 is 0 Å². The standard InChI is InChI=1S/C26H28N2O3/c1-3-24(31-23-15-12-19(2)13-16-23)26(30)28-22-11-7-10-21(18-22)27-25(29)17-14-20-8-5-4-6-9-20/h4-13,15-16,18,24H,3,14,17H2,1-2H3,(H,27,29)(H,28,30). The molecule has 1 unspecified atom stereocenters. The molecule has 31 heavy (non-hydrogen) atoms. The second-order valence-corrected chi connectivity index (χ2v) is 7.43. The molecule has 0 fully saturated rings. The van der Waals surface area contributed by atoms with Gasteiger partial charge in [0.2, 0.25) is 5.91 Å². The van der Waals surface area contributed by atoms with E-state index in [9.17, 15) is 9.59 Å². The molecular formula is C26H28N2O3. The Kier molecular flexibility index (Phi) is 7.82. The minimum atomic E-state index is -0.605. The highest BCUT2D eigenvalue weighted by atomic mass is 16.5. The number of carbonyl (C=O) groups excluding carboxylic acids is 2. The molecular weight excluding hydrogens is 388 g/mol. The minimum Gasteiger partial charge on any atom is -0.481 e. The van der Waals surface area contributed by atoms with Crippen molar-refractivity contribution in [1.82, 2.24) is 0 Å². The number of rotatable bonds is 9. The van der Waals surface area contributed by atoms with Crippen molar-refractivity contribution in [3.63, 3.8) is 0 Å². The predicted octanol–water partition coefficient (Wildman–Crippen LogP) is 5.36. The molecule has 0 aliphatic rings. The summed E-state index contributed by atoms with van der Waals surface area (Å²) >= 11 is 0. The Bertz CT molecular complexity index is 1000. The van der Waals surface area contributed by atoms with Crippen molar-refractivity contribution in [3.8, 4) is 5.75 Å². The van der Waals surface area contributed by atoms with Gasteiger partial charge < -0.3 is 15.4 Å². The topological polar surface area (TPSA) is 67.4 Å². The van der Waals surface area contributed by atoms with Crippen LogP contribution in [-0.4, -0.2) is 17.9 Å². The third-order valence-electron chi connectivity index (χ3n) is 4.86. The molecule has 0 saturated heterocycles. The molecule has 5 nitrogen and oxygen atoms in total. The van der Waals surface area contributed by atoms with Crippen LogP contribution < -0.4 is 15.4 Å². The zero-order valence-corrected chi connectivity index (χ0v) is 17.9. The maximum atomic E-state index is 12.7. The molecule has 1 atom stereocenters. The van der Waals surface area contributed by atoms with Crippen LogP contribution in [-0.2, 0) is 16.0 Å². The Morgan fingerprint density at radius 2 is 1.55 bits per heavy atom. The first kappa shape index (κ1) is 22.1. The Morgan fingerprint density at radius 1 is 0.871 bits per heavy atom. The number of anilines is 2. The van der Waals surface area contributed by atoms with E-state index in [0.717, 1.165) is 11.1 Å². The van der Waals surface area contributed by atoms with Gasteiger partial charge in [0.15, 0.2) is 6.10 Å². The van der Waals surface area contributed by atoms with Gasteiger partial charge in [0.1, 0.15) is 5.75 Å². The second kappa shape index (κ2) is 11.0. The molecule has 3 aromatic carbocycles. The van der Waals surface area contributed by atoms with E-state index in [-0.39, 0.29) is 11.8 Å². The zero-order valence-electron chi connectivity index (χ0n) is 17.9. The number of benzene rings is 3. The van der Waals surface area contributed by atoms with Gasteiger partial charge in [-0.2, -0.15) is 0 Å². The number of hydrogen-bond acceptors (Lipinski definition) is 3. The van der Waals surface area contributed by atoms with E-state index >= 15 is 0 Å². The third-order valence-corrected chi connectivity index (χ3v) is 4.86. The average molecular weight is 417 g/mol. The van der Waals surface area contributed by atoms with Gasteiger partial charge in [-0.05, 0) is 55.7 Å². The number of hydrogen-bond donors (Lipinski definition) is 2. The molecule has 0 saturated carbocycles. The molecule has 0 spiro atoms. The molecule has 0 bridgehead atoms. The highest BCUT2D eigenvalue weighted by molar-refractivity contribution is 5.96. The normalized spacial score (nSPS) is 11.4. The van der Waals surface area contributed by atoms with Crippen molar-refractivity contribution < 1.29 is 14.3 Å². The zero-order chi connectivity index (χ0) is 22.1. The Morgan fingerprint density at radius 3 is 2.23 bits per heavy atom. The quantitative estimate of drug-likeness (QED) is 0.493. The SMILES string of the molecule is CCC(Oc1ccc(C)cc1)C(=O)Nc1cccc(NC(=O)CCc2ccccc2)c1. The molecule has 0 radical (unpaired) electrons. The van der Waals surface area contributed by atoms with E-state index in [1.807, 2.05) is 68.4 Å². The summed E-state index contributed by atoms with van der Waals surface area (Å²) < 4.78 is 5.84. The van der Waals surface area contributed by atoms with E-state index in [0.29, 0.717) is 36.4 Å². The monoisotopic (exact) mass is 416 g/mol. The Labute approximate surface area is 183 Å². The van der Waals surface area contributed by atoms with E-state index in [1.54, 1.807) is 24.3 Å². The predicted molar refractivity (Wildman–Crippen MR) is 124 cm³/mol. The van der Waals surface area contributed by atoms with E-state index < -0.39 is 6.10 Å². The molecule has 3 rings (SSSR count). The van der Waals surface area contributed by atoms with Crippen LogP contribution in [0, 0.1) is 6.92 Å². The smallest absolute Gasteiger partial charge is 0.265 e. The van der Waals surface area contributed by atoms with Crippen LogP contribution in [0.15, 0.2) is 78.9 Å². The largest absolute Gasteiger partial charge is 0.481 e. The van der Waals surface area contributed by atoms with Gasteiger partial charge in [0, 0.05) is 17.8 Å². The van der Waals surface area contributed by atoms with Crippen molar-refractivity contribution in [2.45, 2.75) is 39.2 Å². The summed E-state index contributed by atoms with van der Waals surface area (Å²) in [6.45, 7) is 3.91. The van der Waals surface area contributed by atoms with Crippen LogP contribution in [0.3, 0.4) is 0 Å². The van der Waals surface area contributed by atoms with Crippen LogP contribution in [0.4, 0.5) is 11.4 Å². The molecule has 160 valence electrons. The van der Waals surface area contributed by atoms with Crippen molar-refractivity contribution in [1.29, 1.82) is 0 Å². The maximum absolute atomic E-state index is 12.7. The third kappa shape index (κ3) is 7.00. The van der Waals surface area contributed by atoms with Crippen LogP contribution in [0.5, 0.6) is 5.75 Å². The first-order chi connectivity index (χ1) is 15.0. The summed E-state index contributed by atoms with van der Waals surface area (Å²) in [6.07, 6.45) is 1.00. The minimum absolute atomic E-state index is 0.0681. The Hall–Kier alpha value is -3.60. The molecule has 2 amide bonds. The fourth-order valence-electron chi connectivity index (χ4n) is 3.13. The molecule has 0 aromatic heterocycles. The maximum Gasteiger partial charge on any atom is 0.265 e. The van der Waals surface area contributed by atoms with E-state index in [4.69, 9.17) is 4.74 Å². The summed E-state index contributed by atoms with van der Waals surface area (Å²) in [6, 6.07) is 24.6. The summed E-state index contributed by atoms with van der Waals surface area (Å²) in [5, 5.41) is 5.77. The van der Waals surface area contributed by atoms with Crippen molar-refractivity contribution >= 4 is 23.2 Å². The van der Waals surface area contributed by atoms with E-state index in [2.05, 4.69) is 10.6 Å². The van der Waals surface area contributed by atoms with Gasteiger partial charge in [0.25, 0.3) is 5.91 Å². The summed E-state index contributed by atoms with van der Waals surface area (Å²) in [5.74, 6) is 0.365. The first-order valence-electron chi connectivity index (χ1n) is 10.5. The fourth-order valence-corrected chi connectivity index (χ4v) is 3.13. The lowest BCUT2D eigenvalue weighted by molar-refractivity contribution is -0.122. The number of amides is 2. The van der Waals surface area contributed by atoms with Crippen LogP contribution in [0.2, 0.25) is 0 Å². The lowest BCUT2D eigenvalue weighted by Gasteiger charge is -2.18. The van der Waals surface area contributed by atoms with Crippen molar-refractivity contribution in [2.24, 2.45) is 0 Å². The lowest BCUT2D eigenvalue weighted by atomic mass is 10.1. The summed E-state index contributed by atoms with van der Waals surface area (Å²) in [5.41, 5.74) is 3.51. The molecule has 0 aliphatic heterocycles. The molecule has 2 N–H and O–H groups in total. The van der Waals surface area contributed by atoms with E-state index in [1.165, 1.54) is 0 Å². The first-order valence-corrected chi connectivity index (χ1v) is 10.5. The number of ether oxygens (including phenoxy) is 1. The molecule has 0 heterocycles. The highest BCUT2D eigenvalue weighted by Crippen LogP contribution is 2.19. The van der Waals surface area contributed by atoms with Crippen molar-refractivity contribution in [2.75, 3.05) is 10.6 Å². The van der Waals surface area contributed by atoms with Crippen molar-refractivity contribution in [3.05, 3.63) is 90.0 Å². The molecule has 5 heteroatoms. The Balaban J connectivity index is 1.55. The van der Waals surface area contributed by atoms with Gasteiger partial charge in [-0.15, -0.1) is 0 Å². The lowest BCUT2D eigenvalue weighted by Crippen LogP contribution is -2.32. The van der Waals surface area contributed by atoms with Crippen LogP contribution in [0.1, 0.15) is 30.9 Å². The average Bonchev–Trinajstić information content (AvgIpc) is 2.78. The van der Waals surface area contributed by atoms with Crippen LogP contribution >= 0.6 is 0 Å². The fraction of sp³-hybridized carbons (Fsp3) is 0.231. The summed E-state index contributed by atoms with van der Waals surface area (Å²) in [7, 11) is 0. The van der Waals surface area contributed by atoms with Gasteiger partial charge in [-0.1, -0.05) is 61.0 Å². The second-order valence-electron chi connectivity index (χ2n) is 7.43. The number of nitrogens with one attached hydrogen (secondary N) is 2. The highest BCUT2D eigenvalue weighted by Gasteiger charge is 2.18. The van der Waals surface area contributed by atoms with Gasteiger partial charge in [0.05, 0.1) is 0 Å².